The Morgan fingerprint density at radius 3 is 2.67 bits per heavy atom. The Balaban J connectivity index is 2.09. The summed E-state index contributed by atoms with van der Waals surface area (Å²) in [5.74, 6) is 0.486. The third-order valence-corrected chi connectivity index (χ3v) is 4.42. The third kappa shape index (κ3) is 3.53. The fourth-order valence-corrected chi connectivity index (χ4v) is 3.15. The molecule has 0 bridgehead atoms. The SMILES string of the molecule is CCOC(C)c1nc(C(C)C)c(CNC2CC2)s1. The van der Waals surface area contributed by atoms with E-state index in [1.165, 1.54) is 23.4 Å². The van der Waals surface area contributed by atoms with Crippen molar-refractivity contribution in [3.05, 3.63) is 15.6 Å². The summed E-state index contributed by atoms with van der Waals surface area (Å²) in [6, 6.07) is 0.750. The van der Waals surface area contributed by atoms with Crippen LogP contribution in [0.25, 0.3) is 0 Å². The van der Waals surface area contributed by atoms with Crippen LogP contribution < -0.4 is 5.32 Å². The number of aromatic nitrogens is 1. The molecule has 2 rings (SSSR count). The molecule has 1 unspecified atom stereocenters. The zero-order chi connectivity index (χ0) is 13.1. The highest BCUT2D eigenvalue weighted by molar-refractivity contribution is 7.11. The van der Waals surface area contributed by atoms with Crippen LogP contribution in [0.5, 0.6) is 0 Å². The van der Waals surface area contributed by atoms with Gasteiger partial charge in [-0.15, -0.1) is 11.3 Å². The zero-order valence-electron chi connectivity index (χ0n) is 11.8. The molecule has 4 heteroatoms. The molecular formula is C14H24N2OS. The maximum atomic E-state index is 5.64. The molecule has 1 fully saturated rings. The van der Waals surface area contributed by atoms with Gasteiger partial charge in [0.1, 0.15) is 11.1 Å². The normalized spacial score (nSPS) is 17.4. The number of nitrogens with one attached hydrogen (secondary N) is 1. The first-order valence-electron chi connectivity index (χ1n) is 6.96. The number of hydrogen-bond donors (Lipinski definition) is 1. The summed E-state index contributed by atoms with van der Waals surface area (Å²) < 4.78 is 5.64. The Morgan fingerprint density at radius 2 is 2.11 bits per heavy atom. The molecule has 0 saturated heterocycles. The lowest BCUT2D eigenvalue weighted by atomic mass is 10.1. The van der Waals surface area contributed by atoms with Gasteiger partial charge in [0.25, 0.3) is 0 Å². The molecule has 0 spiro atoms. The molecule has 3 nitrogen and oxygen atoms in total. The molecule has 1 aromatic rings. The average Bonchev–Trinajstić information content (AvgIpc) is 3.04. The Labute approximate surface area is 114 Å². The van der Waals surface area contributed by atoms with Crippen LogP contribution in [0.15, 0.2) is 0 Å². The topological polar surface area (TPSA) is 34.1 Å². The highest BCUT2D eigenvalue weighted by atomic mass is 32.1. The molecule has 1 aromatic heterocycles. The summed E-state index contributed by atoms with van der Waals surface area (Å²) in [5, 5.41) is 4.70. The van der Waals surface area contributed by atoms with E-state index in [1.807, 2.05) is 18.3 Å². The van der Waals surface area contributed by atoms with Gasteiger partial charge in [-0.2, -0.15) is 0 Å². The minimum atomic E-state index is 0.118. The number of ether oxygens (including phenoxy) is 1. The molecule has 1 aliphatic carbocycles. The van der Waals surface area contributed by atoms with Crippen molar-refractivity contribution in [1.82, 2.24) is 10.3 Å². The van der Waals surface area contributed by atoms with Gasteiger partial charge in [-0.05, 0) is 32.6 Å². The summed E-state index contributed by atoms with van der Waals surface area (Å²) >= 11 is 1.81. The molecule has 1 aliphatic rings. The molecule has 0 radical (unpaired) electrons. The van der Waals surface area contributed by atoms with E-state index in [0.29, 0.717) is 5.92 Å². The van der Waals surface area contributed by atoms with Gasteiger partial charge >= 0.3 is 0 Å². The van der Waals surface area contributed by atoms with Crippen LogP contribution in [-0.4, -0.2) is 17.6 Å². The molecule has 0 aliphatic heterocycles. The Bertz CT molecular complexity index is 385. The maximum absolute atomic E-state index is 5.64. The van der Waals surface area contributed by atoms with Gasteiger partial charge in [0.05, 0.1) is 5.69 Å². The van der Waals surface area contributed by atoms with Crippen LogP contribution >= 0.6 is 11.3 Å². The minimum absolute atomic E-state index is 0.118. The minimum Gasteiger partial charge on any atom is -0.372 e. The van der Waals surface area contributed by atoms with Crippen LogP contribution in [0.3, 0.4) is 0 Å². The quantitative estimate of drug-likeness (QED) is 0.820. The maximum Gasteiger partial charge on any atom is 0.122 e. The largest absolute Gasteiger partial charge is 0.372 e. The fourth-order valence-electron chi connectivity index (χ4n) is 1.98. The second-order valence-corrected chi connectivity index (χ2v) is 6.38. The van der Waals surface area contributed by atoms with Crippen molar-refractivity contribution >= 4 is 11.3 Å². The van der Waals surface area contributed by atoms with Crippen molar-refractivity contribution < 1.29 is 4.74 Å². The molecule has 1 atom stereocenters. The Kier molecular flexibility index (Phi) is 4.76. The van der Waals surface area contributed by atoms with E-state index >= 15 is 0 Å². The van der Waals surface area contributed by atoms with E-state index in [1.54, 1.807) is 0 Å². The van der Waals surface area contributed by atoms with E-state index in [9.17, 15) is 0 Å². The number of thiazole rings is 1. The van der Waals surface area contributed by atoms with Crippen LogP contribution in [-0.2, 0) is 11.3 Å². The summed E-state index contributed by atoms with van der Waals surface area (Å²) in [6.07, 6.45) is 2.78. The van der Waals surface area contributed by atoms with Crippen molar-refractivity contribution in [2.24, 2.45) is 0 Å². The van der Waals surface area contributed by atoms with Crippen molar-refractivity contribution in [2.45, 2.75) is 65.1 Å². The van der Waals surface area contributed by atoms with Gasteiger partial charge in [-0.1, -0.05) is 13.8 Å². The molecule has 1 N–H and O–H groups in total. The second-order valence-electron chi connectivity index (χ2n) is 5.27. The van der Waals surface area contributed by atoms with Crippen LogP contribution in [0.2, 0.25) is 0 Å². The highest BCUT2D eigenvalue weighted by Gasteiger charge is 2.23. The van der Waals surface area contributed by atoms with Gasteiger partial charge in [-0.25, -0.2) is 4.98 Å². The first kappa shape index (κ1) is 14.0. The summed E-state index contributed by atoms with van der Waals surface area (Å²) in [7, 11) is 0. The second kappa shape index (κ2) is 6.13. The van der Waals surface area contributed by atoms with E-state index in [2.05, 4.69) is 26.1 Å². The Hall–Kier alpha value is -0.450. The van der Waals surface area contributed by atoms with Crippen molar-refractivity contribution in [3.8, 4) is 0 Å². The first-order chi connectivity index (χ1) is 8.61. The lowest BCUT2D eigenvalue weighted by Gasteiger charge is -2.07. The molecular weight excluding hydrogens is 244 g/mol. The summed E-state index contributed by atoms with van der Waals surface area (Å²) in [5.41, 5.74) is 1.25. The van der Waals surface area contributed by atoms with Crippen molar-refractivity contribution in [3.63, 3.8) is 0 Å². The number of hydrogen-bond acceptors (Lipinski definition) is 4. The number of rotatable bonds is 7. The standard InChI is InChI=1S/C14H24N2OS/c1-5-17-10(4)14-16-13(9(2)3)12(18-14)8-15-11-6-7-11/h9-11,15H,5-8H2,1-4H3. The van der Waals surface area contributed by atoms with E-state index in [0.717, 1.165) is 24.2 Å². The van der Waals surface area contributed by atoms with Crippen LogP contribution in [0.4, 0.5) is 0 Å². The fraction of sp³-hybridized carbons (Fsp3) is 0.786. The molecule has 102 valence electrons. The van der Waals surface area contributed by atoms with Gasteiger partial charge in [-0.3, -0.25) is 0 Å². The molecule has 0 amide bonds. The molecule has 1 heterocycles. The van der Waals surface area contributed by atoms with Crippen LogP contribution in [0, 0.1) is 0 Å². The van der Waals surface area contributed by atoms with Gasteiger partial charge in [0.15, 0.2) is 0 Å². The number of nitrogens with zero attached hydrogens (tertiary/aromatic N) is 1. The smallest absolute Gasteiger partial charge is 0.122 e. The molecule has 0 aromatic carbocycles. The molecule has 18 heavy (non-hydrogen) atoms. The third-order valence-electron chi connectivity index (χ3n) is 3.18. The first-order valence-corrected chi connectivity index (χ1v) is 7.78. The predicted octanol–water partition coefficient (Wildman–Crippen LogP) is 3.62. The Morgan fingerprint density at radius 1 is 1.39 bits per heavy atom. The zero-order valence-corrected chi connectivity index (χ0v) is 12.6. The summed E-state index contributed by atoms with van der Waals surface area (Å²) in [4.78, 5) is 6.17. The lowest BCUT2D eigenvalue weighted by Crippen LogP contribution is -2.15. The van der Waals surface area contributed by atoms with Crippen LogP contribution in [0.1, 0.15) is 68.1 Å². The highest BCUT2D eigenvalue weighted by Crippen LogP contribution is 2.31. The summed E-state index contributed by atoms with van der Waals surface area (Å²) in [6.45, 7) is 10.3. The van der Waals surface area contributed by atoms with Crippen molar-refractivity contribution in [1.29, 1.82) is 0 Å². The lowest BCUT2D eigenvalue weighted by molar-refractivity contribution is 0.0761. The van der Waals surface area contributed by atoms with Crippen molar-refractivity contribution in [2.75, 3.05) is 6.61 Å². The predicted molar refractivity (Wildman–Crippen MR) is 76.1 cm³/mol. The van der Waals surface area contributed by atoms with E-state index < -0.39 is 0 Å². The van der Waals surface area contributed by atoms with E-state index in [4.69, 9.17) is 9.72 Å². The van der Waals surface area contributed by atoms with Gasteiger partial charge in [0, 0.05) is 24.1 Å². The average molecular weight is 268 g/mol. The molecule has 1 saturated carbocycles. The van der Waals surface area contributed by atoms with Gasteiger partial charge in [0.2, 0.25) is 0 Å². The monoisotopic (exact) mass is 268 g/mol. The van der Waals surface area contributed by atoms with Gasteiger partial charge < -0.3 is 10.1 Å². The van der Waals surface area contributed by atoms with E-state index in [-0.39, 0.29) is 6.10 Å².